The molecule has 1 aliphatic carbocycles. The van der Waals surface area contributed by atoms with Gasteiger partial charge in [-0.2, -0.15) is 0 Å². The monoisotopic (exact) mass is 172 g/mol. The Bertz CT molecular complexity index is 205. The van der Waals surface area contributed by atoms with Crippen molar-refractivity contribution in [3.05, 3.63) is 11.6 Å². The molecule has 0 bridgehead atoms. The third kappa shape index (κ3) is 2.64. The van der Waals surface area contributed by atoms with Gasteiger partial charge in [0.2, 0.25) is 0 Å². The molecule has 0 aliphatic heterocycles. The summed E-state index contributed by atoms with van der Waals surface area (Å²) in [5, 5.41) is 26.6. The van der Waals surface area contributed by atoms with Crippen LogP contribution in [0.15, 0.2) is 11.6 Å². The first-order chi connectivity index (χ1) is 5.49. The number of hydrogen-bond donors (Lipinski definition) is 3. The van der Waals surface area contributed by atoms with Crippen molar-refractivity contribution >= 4 is 5.97 Å². The number of hydrogen-bond acceptors (Lipinski definition) is 3. The molecule has 0 heterocycles. The van der Waals surface area contributed by atoms with Crippen molar-refractivity contribution in [2.75, 3.05) is 0 Å². The van der Waals surface area contributed by atoms with E-state index in [0.717, 1.165) is 11.6 Å². The molecule has 1 saturated carbocycles. The van der Waals surface area contributed by atoms with E-state index in [4.69, 9.17) is 15.3 Å². The molecule has 0 saturated heterocycles. The number of carboxylic acid groups (broad SMARTS) is 1. The van der Waals surface area contributed by atoms with Crippen LogP contribution in [0.2, 0.25) is 0 Å². The highest BCUT2D eigenvalue weighted by Crippen LogP contribution is 2.29. The molecule has 1 fully saturated rings. The molecule has 0 aromatic rings. The van der Waals surface area contributed by atoms with Gasteiger partial charge in [-0.25, -0.2) is 4.79 Å². The van der Waals surface area contributed by atoms with E-state index in [1.54, 1.807) is 0 Å². The van der Waals surface area contributed by atoms with Crippen molar-refractivity contribution in [3.63, 3.8) is 0 Å². The summed E-state index contributed by atoms with van der Waals surface area (Å²) in [5.74, 6) is -2.55. The molecular formula is C8H12O4. The third-order valence-electron chi connectivity index (χ3n) is 2.02. The molecule has 68 valence electrons. The van der Waals surface area contributed by atoms with Crippen LogP contribution in [-0.2, 0) is 4.79 Å². The SMILES string of the molecule is O=C(O)C=C1CCC(O)(O)CC1. The van der Waals surface area contributed by atoms with Crippen molar-refractivity contribution in [1.82, 2.24) is 0 Å². The maximum absolute atomic E-state index is 10.2. The molecule has 0 atom stereocenters. The number of aliphatic carboxylic acids is 1. The van der Waals surface area contributed by atoms with Crippen molar-refractivity contribution < 1.29 is 20.1 Å². The van der Waals surface area contributed by atoms with E-state index in [1.165, 1.54) is 0 Å². The van der Waals surface area contributed by atoms with Crippen LogP contribution in [0.1, 0.15) is 25.7 Å². The lowest BCUT2D eigenvalue weighted by Gasteiger charge is -2.27. The standard InChI is InChI=1S/C8H12O4/c9-7(10)5-6-1-3-8(11,12)4-2-6/h5,11-12H,1-4H2,(H,9,10). The molecule has 0 aromatic heterocycles. The first-order valence-electron chi connectivity index (χ1n) is 3.87. The Hall–Kier alpha value is -0.870. The molecule has 0 spiro atoms. The Morgan fingerprint density at radius 3 is 2.25 bits per heavy atom. The normalized spacial score (nSPS) is 22.0. The Morgan fingerprint density at radius 2 is 1.83 bits per heavy atom. The maximum atomic E-state index is 10.2. The van der Waals surface area contributed by atoms with Gasteiger partial charge in [0, 0.05) is 18.9 Å². The average molecular weight is 172 g/mol. The molecule has 1 rings (SSSR count). The average Bonchev–Trinajstić information content (AvgIpc) is 1.93. The van der Waals surface area contributed by atoms with Gasteiger partial charge in [-0.15, -0.1) is 0 Å². The van der Waals surface area contributed by atoms with Gasteiger partial charge in [0.05, 0.1) is 0 Å². The molecular weight excluding hydrogens is 160 g/mol. The molecule has 3 N–H and O–H groups in total. The van der Waals surface area contributed by atoms with Gasteiger partial charge >= 0.3 is 5.97 Å². The second-order valence-corrected chi connectivity index (χ2v) is 3.12. The number of rotatable bonds is 1. The van der Waals surface area contributed by atoms with E-state index in [2.05, 4.69) is 0 Å². The van der Waals surface area contributed by atoms with Gasteiger partial charge in [-0.05, 0) is 12.8 Å². The predicted octanol–water partition coefficient (Wildman–Crippen LogP) is 0.252. The Balaban J connectivity index is 2.52. The maximum Gasteiger partial charge on any atom is 0.328 e. The van der Waals surface area contributed by atoms with Crippen LogP contribution < -0.4 is 0 Å². The summed E-state index contributed by atoms with van der Waals surface area (Å²) in [6.45, 7) is 0. The molecule has 0 radical (unpaired) electrons. The predicted molar refractivity (Wildman–Crippen MR) is 41.4 cm³/mol. The minimum absolute atomic E-state index is 0.228. The molecule has 0 aromatic carbocycles. The van der Waals surface area contributed by atoms with Crippen LogP contribution in [0.5, 0.6) is 0 Å². The van der Waals surface area contributed by atoms with E-state index in [1.807, 2.05) is 0 Å². The van der Waals surface area contributed by atoms with Crippen LogP contribution in [-0.4, -0.2) is 27.1 Å². The van der Waals surface area contributed by atoms with E-state index in [0.29, 0.717) is 12.8 Å². The van der Waals surface area contributed by atoms with E-state index in [-0.39, 0.29) is 12.8 Å². The summed E-state index contributed by atoms with van der Waals surface area (Å²) in [6.07, 6.45) is 2.52. The van der Waals surface area contributed by atoms with Crippen molar-refractivity contribution in [1.29, 1.82) is 0 Å². The Labute approximate surface area is 70.1 Å². The quantitative estimate of drug-likeness (QED) is 0.391. The summed E-state index contributed by atoms with van der Waals surface area (Å²) in [5.41, 5.74) is 0.779. The second-order valence-electron chi connectivity index (χ2n) is 3.12. The number of allylic oxidation sites excluding steroid dienone is 1. The molecule has 4 nitrogen and oxygen atoms in total. The highest BCUT2D eigenvalue weighted by molar-refractivity contribution is 5.80. The van der Waals surface area contributed by atoms with Gasteiger partial charge in [0.25, 0.3) is 0 Å². The van der Waals surface area contributed by atoms with Crippen LogP contribution in [0.3, 0.4) is 0 Å². The fraction of sp³-hybridized carbons (Fsp3) is 0.625. The Kier molecular flexibility index (Phi) is 2.49. The lowest BCUT2D eigenvalue weighted by Crippen LogP contribution is -2.31. The van der Waals surface area contributed by atoms with E-state index in [9.17, 15) is 4.79 Å². The zero-order valence-corrected chi connectivity index (χ0v) is 6.66. The van der Waals surface area contributed by atoms with E-state index >= 15 is 0 Å². The zero-order valence-electron chi connectivity index (χ0n) is 6.66. The van der Waals surface area contributed by atoms with Gasteiger partial charge in [-0.3, -0.25) is 0 Å². The van der Waals surface area contributed by atoms with Crippen LogP contribution in [0.4, 0.5) is 0 Å². The number of aliphatic hydroxyl groups is 2. The number of carboxylic acids is 1. The Morgan fingerprint density at radius 1 is 1.33 bits per heavy atom. The molecule has 12 heavy (non-hydrogen) atoms. The first-order valence-corrected chi connectivity index (χ1v) is 3.87. The fourth-order valence-corrected chi connectivity index (χ4v) is 1.29. The minimum atomic E-state index is -1.59. The minimum Gasteiger partial charge on any atom is -0.478 e. The molecule has 1 aliphatic rings. The summed E-state index contributed by atoms with van der Waals surface area (Å²) < 4.78 is 0. The van der Waals surface area contributed by atoms with Gasteiger partial charge in [-0.1, -0.05) is 5.57 Å². The largest absolute Gasteiger partial charge is 0.478 e. The van der Waals surface area contributed by atoms with Gasteiger partial charge < -0.3 is 15.3 Å². The highest BCUT2D eigenvalue weighted by atomic mass is 16.5. The lowest BCUT2D eigenvalue weighted by atomic mass is 9.90. The summed E-state index contributed by atoms with van der Waals surface area (Å²) in [6, 6.07) is 0. The molecule has 0 unspecified atom stereocenters. The number of carbonyl (C=O) groups is 1. The molecule has 4 heteroatoms. The smallest absolute Gasteiger partial charge is 0.328 e. The van der Waals surface area contributed by atoms with Crippen LogP contribution in [0, 0.1) is 0 Å². The topological polar surface area (TPSA) is 77.8 Å². The summed E-state index contributed by atoms with van der Waals surface area (Å²) in [7, 11) is 0. The van der Waals surface area contributed by atoms with Crippen molar-refractivity contribution in [3.8, 4) is 0 Å². The fourth-order valence-electron chi connectivity index (χ4n) is 1.29. The van der Waals surface area contributed by atoms with Crippen LogP contribution >= 0.6 is 0 Å². The lowest BCUT2D eigenvalue weighted by molar-refractivity contribution is -0.175. The van der Waals surface area contributed by atoms with Crippen molar-refractivity contribution in [2.24, 2.45) is 0 Å². The van der Waals surface area contributed by atoms with Gasteiger partial charge in [0.1, 0.15) is 0 Å². The highest BCUT2D eigenvalue weighted by Gasteiger charge is 2.27. The molecule has 0 amide bonds. The zero-order chi connectivity index (χ0) is 9.19. The second kappa shape index (κ2) is 3.25. The third-order valence-corrected chi connectivity index (χ3v) is 2.02. The van der Waals surface area contributed by atoms with E-state index < -0.39 is 11.8 Å². The summed E-state index contributed by atoms with van der Waals surface area (Å²) >= 11 is 0. The van der Waals surface area contributed by atoms with Crippen molar-refractivity contribution in [2.45, 2.75) is 31.5 Å². The van der Waals surface area contributed by atoms with Gasteiger partial charge in [0.15, 0.2) is 5.79 Å². The first kappa shape index (κ1) is 9.22. The van der Waals surface area contributed by atoms with Crippen LogP contribution in [0.25, 0.3) is 0 Å². The summed E-state index contributed by atoms with van der Waals surface area (Å²) in [4.78, 5) is 10.2.